The maximum atomic E-state index is 6.34. The summed E-state index contributed by atoms with van der Waals surface area (Å²) in [5.41, 5.74) is 10.6. The van der Waals surface area contributed by atoms with Crippen molar-refractivity contribution in [3.05, 3.63) is 45.7 Å². The number of aryl methyl sites for hydroxylation is 2. The molecule has 20 heavy (non-hydrogen) atoms. The number of aromatic nitrogens is 2. The largest absolute Gasteiger partial charge is 0.496 e. The van der Waals surface area contributed by atoms with Gasteiger partial charge in [0, 0.05) is 29.4 Å². The van der Waals surface area contributed by atoms with Crippen LogP contribution in [0, 0.1) is 13.8 Å². The van der Waals surface area contributed by atoms with Gasteiger partial charge in [0.1, 0.15) is 5.75 Å². The van der Waals surface area contributed by atoms with Gasteiger partial charge in [-0.05, 0) is 44.0 Å². The molecular formula is C15H20ClN3O. The van der Waals surface area contributed by atoms with Gasteiger partial charge in [0.2, 0.25) is 0 Å². The quantitative estimate of drug-likeness (QED) is 0.943. The predicted octanol–water partition coefficient (Wildman–Crippen LogP) is 2.94. The summed E-state index contributed by atoms with van der Waals surface area (Å²) in [5.74, 6) is 0.765. The molecule has 108 valence electrons. The van der Waals surface area contributed by atoms with E-state index in [0.29, 0.717) is 11.4 Å². The molecule has 2 aromatic rings. The minimum atomic E-state index is -0.176. The highest BCUT2D eigenvalue weighted by Crippen LogP contribution is 2.30. The number of rotatable bonds is 4. The first kappa shape index (κ1) is 14.9. The van der Waals surface area contributed by atoms with Crippen LogP contribution < -0.4 is 10.5 Å². The Labute approximate surface area is 124 Å². The van der Waals surface area contributed by atoms with Crippen molar-refractivity contribution in [2.75, 3.05) is 7.11 Å². The lowest BCUT2D eigenvalue weighted by molar-refractivity contribution is 0.405. The van der Waals surface area contributed by atoms with E-state index in [1.807, 2.05) is 30.8 Å². The van der Waals surface area contributed by atoms with E-state index in [-0.39, 0.29) is 6.04 Å². The van der Waals surface area contributed by atoms with Gasteiger partial charge in [-0.2, -0.15) is 5.10 Å². The van der Waals surface area contributed by atoms with Crippen molar-refractivity contribution in [2.45, 2.75) is 26.3 Å². The third-order valence-electron chi connectivity index (χ3n) is 3.67. The average Bonchev–Trinajstić information content (AvgIpc) is 2.65. The van der Waals surface area contributed by atoms with Gasteiger partial charge >= 0.3 is 0 Å². The van der Waals surface area contributed by atoms with Gasteiger partial charge in [-0.1, -0.05) is 11.6 Å². The van der Waals surface area contributed by atoms with Gasteiger partial charge in [0.15, 0.2) is 0 Å². The first-order valence-electron chi connectivity index (χ1n) is 6.52. The first-order valence-corrected chi connectivity index (χ1v) is 6.90. The maximum Gasteiger partial charge on any atom is 0.123 e. The molecule has 0 radical (unpaired) electrons. The molecule has 2 rings (SSSR count). The summed E-state index contributed by atoms with van der Waals surface area (Å²) in [4.78, 5) is 0. The average molecular weight is 294 g/mol. The van der Waals surface area contributed by atoms with Crippen LogP contribution >= 0.6 is 11.6 Å². The molecule has 0 bridgehead atoms. The van der Waals surface area contributed by atoms with Crippen molar-refractivity contribution in [1.29, 1.82) is 0 Å². The molecule has 1 aromatic heterocycles. The zero-order valence-electron chi connectivity index (χ0n) is 12.3. The Kier molecular flexibility index (Phi) is 4.35. The normalized spacial score (nSPS) is 12.5. The Balaban J connectivity index is 2.32. The second-order valence-electron chi connectivity index (χ2n) is 4.97. The Morgan fingerprint density at radius 3 is 2.65 bits per heavy atom. The lowest BCUT2D eigenvalue weighted by atomic mass is 9.98. The van der Waals surface area contributed by atoms with E-state index in [1.165, 1.54) is 5.56 Å². The van der Waals surface area contributed by atoms with Gasteiger partial charge in [-0.25, -0.2) is 0 Å². The minimum Gasteiger partial charge on any atom is -0.496 e. The highest BCUT2D eigenvalue weighted by atomic mass is 35.5. The molecule has 0 saturated carbocycles. The highest BCUT2D eigenvalue weighted by molar-refractivity contribution is 6.30. The van der Waals surface area contributed by atoms with E-state index >= 15 is 0 Å². The van der Waals surface area contributed by atoms with E-state index in [2.05, 4.69) is 12.0 Å². The summed E-state index contributed by atoms with van der Waals surface area (Å²) in [6, 6.07) is 5.34. The number of hydrogen-bond acceptors (Lipinski definition) is 3. The molecule has 0 aliphatic heterocycles. The van der Waals surface area contributed by atoms with Crippen molar-refractivity contribution < 1.29 is 4.74 Å². The second-order valence-corrected chi connectivity index (χ2v) is 5.41. The SMILES string of the molecule is COc1ccc(Cl)cc1C(N)Cc1c(C)nn(C)c1C. The Hall–Kier alpha value is -1.52. The van der Waals surface area contributed by atoms with E-state index in [9.17, 15) is 0 Å². The summed E-state index contributed by atoms with van der Waals surface area (Å²) in [6.45, 7) is 4.06. The number of ether oxygens (including phenoxy) is 1. The van der Waals surface area contributed by atoms with Crippen LogP contribution in [0.3, 0.4) is 0 Å². The van der Waals surface area contributed by atoms with Gasteiger partial charge in [-0.3, -0.25) is 4.68 Å². The molecule has 4 nitrogen and oxygen atoms in total. The van der Waals surface area contributed by atoms with Crippen LogP contribution in [0.15, 0.2) is 18.2 Å². The van der Waals surface area contributed by atoms with E-state index in [0.717, 1.165) is 22.7 Å². The third kappa shape index (κ3) is 2.81. The van der Waals surface area contributed by atoms with Crippen molar-refractivity contribution >= 4 is 11.6 Å². The molecule has 1 unspecified atom stereocenters. The first-order chi connectivity index (χ1) is 9.43. The van der Waals surface area contributed by atoms with Gasteiger partial charge in [0.05, 0.1) is 12.8 Å². The molecule has 5 heteroatoms. The summed E-state index contributed by atoms with van der Waals surface area (Å²) < 4.78 is 7.25. The van der Waals surface area contributed by atoms with Crippen LogP contribution in [0.2, 0.25) is 5.02 Å². The number of hydrogen-bond donors (Lipinski definition) is 1. The number of benzene rings is 1. The smallest absolute Gasteiger partial charge is 0.123 e. The highest BCUT2D eigenvalue weighted by Gasteiger charge is 2.17. The lowest BCUT2D eigenvalue weighted by Gasteiger charge is -2.16. The molecule has 0 fully saturated rings. The number of halogens is 1. The molecule has 0 aliphatic rings. The molecule has 0 amide bonds. The van der Waals surface area contributed by atoms with Crippen LogP contribution in [0.5, 0.6) is 5.75 Å². The molecule has 0 spiro atoms. The number of nitrogens with two attached hydrogens (primary N) is 1. The molecule has 2 N–H and O–H groups in total. The molecule has 0 aliphatic carbocycles. The van der Waals surface area contributed by atoms with Crippen LogP contribution in [0.4, 0.5) is 0 Å². The van der Waals surface area contributed by atoms with Crippen molar-refractivity contribution in [3.8, 4) is 5.75 Å². The lowest BCUT2D eigenvalue weighted by Crippen LogP contribution is -2.15. The fraction of sp³-hybridized carbons (Fsp3) is 0.400. The summed E-state index contributed by atoms with van der Waals surface area (Å²) in [7, 11) is 3.58. The van der Waals surface area contributed by atoms with Crippen molar-refractivity contribution in [2.24, 2.45) is 12.8 Å². The number of methoxy groups -OCH3 is 1. The fourth-order valence-corrected chi connectivity index (χ4v) is 2.62. The molecule has 0 saturated heterocycles. The minimum absolute atomic E-state index is 0.176. The van der Waals surface area contributed by atoms with Gasteiger partial charge in [0.25, 0.3) is 0 Å². The molecule has 1 heterocycles. The summed E-state index contributed by atoms with van der Waals surface area (Å²) in [6.07, 6.45) is 0.711. The van der Waals surface area contributed by atoms with E-state index in [4.69, 9.17) is 22.1 Å². The Morgan fingerprint density at radius 2 is 2.10 bits per heavy atom. The Bertz CT molecular complexity index is 622. The zero-order valence-corrected chi connectivity index (χ0v) is 13.0. The molecule has 1 aromatic carbocycles. The fourth-order valence-electron chi connectivity index (χ4n) is 2.44. The second kappa shape index (κ2) is 5.85. The predicted molar refractivity (Wildman–Crippen MR) is 81.3 cm³/mol. The maximum absolute atomic E-state index is 6.34. The van der Waals surface area contributed by atoms with Crippen molar-refractivity contribution in [1.82, 2.24) is 9.78 Å². The van der Waals surface area contributed by atoms with Crippen LogP contribution in [0.1, 0.15) is 28.6 Å². The monoisotopic (exact) mass is 293 g/mol. The topological polar surface area (TPSA) is 53.1 Å². The van der Waals surface area contributed by atoms with Gasteiger partial charge in [-0.15, -0.1) is 0 Å². The van der Waals surface area contributed by atoms with Crippen LogP contribution in [-0.2, 0) is 13.5 Å². The molecule has 1 atom stereocenters. The zero-order chi connectivity index (χ0) is 14.9. The number of nitrogens with zero attached hydrogens (tertiary/aromatic N) is 2. The van der Waals surface area contributed by atoms with Crippen LogP contribution in [-0.4, -0.2) is 16.9 Å². The molecular weight excluding hydrogens is 274 g/mol. The van der Waals surface area contributed by atoms with E-state index < -0.39 is 0 Å². The summed E-state index contributed by atoms with van der Waals surface area (Å²) in [5, 5.41) is 5.08. The standard InChI is InChI=1S/C15H20ClN3O/c1-9-12(10(2)19(3)18-9)8-14(17)13-7-11(16)5-6-15(13)20-4/h5-7,14H,8,17H2,1-4H3. The van der Waals surface area contributed by atoms with E-state index in [1.54, 1.807) is 13.2 Å². The summed E-state index contributed by atoms with van der Waals surface area (Å²) >= 11 is 6.06. The van der Waals surface area contributed by atoms with Crippen molar-refractivity contribution in [3.63, 3.8) is 0 Å². The third-order valence-corrected chi connectivity index (χ3v) is 3.91. The van der Waals surface area contributed by atoms with Crippen LogP contribution in [0.25, 0.3) is 0 Å². The van der Waals surface area contributed by atoms with Gasteiger partial charge < -0.3 is 10.5 Å². The Morgan fingerprint density at radius 1 is 1.40 bits per heavy atom.